The van der Waals surface area contributed by atoms with Gasteiger partial charge >= 0.3 is 0 Å². The third-order valence-electron chi connectivity index (χ3n) is 1.02. The SMILES string of the molecule is [2H]C(=O)c1cc([2H])cc(C([2H])=O)c1. The number of hydrogen-bond donors (Lipinski definition) is 0. The Kier molecular flexibility index (Phi) is 1.07. The first-order valence-corrected chi connectivity index (χ1v) is 2.64. The number of hydrogen-bond acceptors (Lipinski definition) is 2. The van der Waals surface area contributed by atoms with Crippen molar-refractivity contribution in [3.05, 3.63) is 35.4 Å². The van der Waals surface area contributed by atoms with Crippen LogP contribution in [-0.4, -0.2) is 12.5 Å². The molecule has 0 spiro atoms. The van der Waals surface area contributed by atoms with Gasteiger partial charge in [0.2, 0.25) is 0 Å². The lowest BCUT2D eigenvalue weighted by atomic mass is 10.2. The Balaban J connectivity index is 3.26. The highest BCUT2D eigenvalue weighted by atomic mass is 16.1. The molecule has 2 nitrogen and oxygen atoms in total. The van der Waals surface area contributed by atoms with Gasteiger partial charge in [0, 0.05) is 11.1 Å². The molecule has 0 saturated carbocycles. The lowest BCUT2D eigenvalue weighted by Crippen LogP contribution is -1.82. The maximum Gasteiger partial charge on any atom is 0.150 e. The molecule has 0 atom stereocenters. The van der Waals surface area contributed by atoms with Gasteiger partial charge in [-0.05, 0) is 6.07 Å². The van der Waals surface area contributed by atoms with E-state index in [1.807, 2.05) is 0 Å². The van der Waals surface area contributed by atoms with Crippen molar-refractivity contribution >= 4 is 12.5 Å². The average molecular weight is 137 g/mol. The van der Waals surface area contributed by atoms with Crippen LogP contribution in [-0.2, 0) is 0 Å². The molecule has 0 bridgehead atoms. The van der Waals surface area contributed by atoms with E-state index in [1.165, 1.54) is 12.1 Å². The highest BCUT2D eigenvalue weighted by Crippen LogP contribution is 1.99. The largest absolute Gasteiger partial charge is 0.298 e. The highest BCUT2D eigenvalue weighted by molar-refractivity contribution is 5.81. The minimum absolute atomic E-state index is 0.0388. The van der Waals surface area contributed by atoms with Gasteiger partial charge in [-0.15, -0.1) is 0 Å². The molecule has 0 amide bonds. The Hall–Kier alpha value is -1.44. The van der Waals surface area contributed by atoms with Crippen LogP contribution < -0.4 is 0 Å². The van der Waals surface area contributed by atoms with Gasteiger partial charge in [0.25, 0.3) is 0 Å². The first kappa shape index (κ1) is 3.66. The maximum absolute atomic E-state index is 10.6. The molecule has 0 aliphatic carbocycles. The van der Waals surface area contributed by atoms with Crippen LogP contribution in [0.25, 0.3) is 0 Å². The Morgan fingerprint density at radius 2 is 1.80 bits per heavy atom. The van der Waals surface area contributed by atoms with E-state index in [1.54, 1.807) is 0 Å². The van der Waals surface area contributed by atoms with Gasteiger partial charge < -0.3 is 0 Å². The topological polar surface area (TPSA) is 34.1 Å². The summed E-state index contributed by atoms with van der Waals surface area (Å²) in [6.45, 7) is 0. The van der Waals surface area contributed by atoms with Gasteiger partial charge in [-0.1, -0.05) is 18.2 Å². The minimum atomic E-state index is -0.961. The van der Waals surface area contributed by atoms with E-state index < -0.39 is 12.5 Å². The molecule has 10 heavy (non-hydrogen) atoms. The fourth-order valence-corrected chi connectivity index (χ4v) is 0.590. The fraction of sp³-hybridized carbons (Fsp3) is 0. The number of carbonyl (C=O) groups excluding carboxylic acids is 2. The Morgan fingerprint density at radius 3 is 2.20 bits per heavy atom. The molecule has 1 rings (SSSR count). The summed E-state index contributed by atoms with van der Waals surface area (Å²) < 4.78 is 20.7. The van der Waals surface area contributed by atoms with Gasteiger partial charge in [-0.3, -0.25) is 9.59 Å². The minimum Gasteiger partial charge on any atom is -0.298 e. The van der Waals surface area contributed by atoms with Crippen LogP contribution in [0.4, 0.5) is 0 Å². The van der Waals surface area contributed by atoms with Gasteiger partial charge in [0.15, 0.2) is 0 Å². The zero-order valence-electron chi connectivity index (χ0n) is 8.05. The third-order valence-corrected chi connectivity index (χ3v) is 1.02. The summed E-state index contributed by atoms with van der Waals surface area (Å²) in [5.74, 6) is 0. The zero-order chi connectivity index (χ0) is 10.0. The molecular formula is C8H6O2. The Morgan fingerprint density at radius 1 is 1.30 bits per heavy atom. The van der Waals surface area contributed by atoms with Gasteiger partial charge in [0.05, 0.1) is 1.37 Å². The molecule has 0 saturated heterocycles. The number of carbonyl (C=O) groups is 2. The van der Waals surface area contributed by atoms with Crippen LogP contribution in [0.3, 0.4) is 0 Å². The molecular weight excluding hydrogens is 128 g/mol. The quantitative estimate of drug-likeness (QED) is 0.576. The summed E-state index contributed by atoms with van der Waals surface area (Å²) in [5.41, 5.74) is -0.0776. The van der Waals surface area contributed by atoms with Crippen molar-refractivity contribution in [1.82, 2.24) is 0 Å². The van der Waals surface area contributed by atoms with Crippen molar-refractivity contribution < 1.29 is 13.7 Å². The normalized spacial score (nSPS) is 13.0. The summed E-state index contributed by atoms with van der Waals surface area (Å²) >= 11 is 0. The lowest BCUT2D eigenvalue weighted by molar-refractivity contribution is 0.112. The van der Waals surface area contributed by atoms with Crippen LogP contribution >= 0.6 is 0 Å². The van der Waals surface area contributed by atoms with E-state index in [9.17, 15) is 9.59 Å². The second-order valence-electron chi connectivity index (χ2n) is 1.71. The molecule has 0 heterocycles. The maximum atomic E-state index is 10.6. The van der Waals surface area contributed by atoms with E-state index in [-0.39, 0.29) is 17.2 Å². The molecule has 50 valence electrons. The molecule has 0 aliphatic heterocycles. The standard InChI is InChI=1S/C8H6O2/c9-5-7-2-1-3-8(4-7)6-10/h1-6H/i1D,5D,6D. The van der Waals surface area contributed by atoms with Gasteiger partial charge in [-0.2, -0.15) is 0 Å². The van der Waals surface area contributed by atoms with E-state index in [4.69, 9.17) is 4.11 Å². The summed E-state index contributed by atoms with van der Waals surface area (Å²) in [4.78, 5) is 21.2. The summed E-state index contributed by atoms with van der Waals surface area (Å²) in [5, 5.41) is 0. The summed E-state index contributed by atoms with van der Waals surface area (Å²) in [7, 11) is 0. The predicted molar refractivity (Wildman–Crippen MR) is 37.2 cm³/mol. The first-order chi connectivity index (χ1) is 6.00. The number of rotatable bonds is 2. The van der Waals surface area contributed by atoms with Crippen LogP contribution in [0.1, 0.15) is 24.8 Å². The van der Waals surface area contributed by atoms with Crippen LogP contribution in [0.2, 0.25) is 0 Å². The predicted octanol–water partition coefficient (Wildman–Crippen LogP) is 1.31. The van der Waals surface area contributed by atoms with Crippen molar-refractivity contribution in [1.29, 1.82) is 0 Å². The number of benzene rings is 1. The summed E-state index contributed by atoms with van der Waals surface area (Å²) in [6.07, 6.45) is -1.92. The second kappa shape index (κ2) is 2.92. The molecule has 1 aromatic rings. The molecule has 0 N–H and O–H groups in total. The van der Waals surface area contributed by atoms with Crippen LogP contribution in [0.5, 0.6) is 0 Å². The molecule has 0 radical (unpaired) electrons. The average Bonchev–Trinajstić information content (AvgIpc) is 2.03. The second-order valence-corrected chi connectivity index (χ2v) is 1.71. The van der Waals surface area contributed by atoms with Crippen molar-refractivity contribution in [2.75, 3.05) is 0 Å². The summed E-state index contributed by atoms with van der Waals surface area (Å²) in [6, 6.07) is 3.46. The van der Waals surface area contributed by atoms with E-state index >= 15 is 0 Å². The van der Waals surface area contributed by atoms with Crippen LogP contribution in [0.15, 0.2) is 24.2 Å². The van der Waals surface area contributed by atoms with Crippen molar-refractivity contribution in [2.45, 2.75) is 0 Å². The highest BCUT2D eigenvalue weighted by Gasteiger charge is 1.90. The van der Waals surface area contributed by atoms with Crippen molar-refractivity contribution in [2.24, 2.45) is 0 Å². The smallest absolute Gasteiger partial charge is 0.150 e. The van der Waals surface area contributed by atoms with Crippen LogP contribution in [0, 0.1) is 0 Å². The monoisotopic (exact) mass is 137 g/mol. The molecule has 0 aliphatic rings. The van der Waals surface area contributed by atoms with E-state index in [2.05, 4.69) is 0 Å². The Labute approximate surface area is 62.7 Å². The molecule has 0 unspecified atom stereocenters. The van der Waals surface area contributed by atoms with Crippen molar-refractivity contribution in [3.63, 3.8) is 0 Å². The third kappa shape index (κ3) is 1.29. The zero-order valence-corrected chi connectivity index (χ0v) is 5.05. The van der Waals surface area contributed by atoms with Crippen molar-refractivity contribution in [3.8, 4) is 0 Å². The Bertz CT molecular complexity index is 341. The van der Waals surface area contributed by atoms with E-state index in [0.717, 1.165) is 6.07 Å². The molecule has 0 aromatic heterocycles. The first-order valence-electron chi connectivity index (χ1n) is 4.14. The fourth-order valence-electron chi connectivity index (χ4n) is 0.590. The molecule has 1 aromatic carbocycles. The van der Waals surface area contributed by atoms with E-state index in [0.29, 0.717) is 0 Å². The molecule has 2 heteroatoms. The van der Waals surface area contributed by atoms with Gasteiger partial charge in [-0.25, -0.2) is 0 Å². The lowest BCUT2D eigenvalue weighted by Gasteiger charge is -1.89. The number of aldehydes is 2. The molecule has 0 fully saturated rings. The van der Waals surface area contributed by atoms with Gasteiger partial charge in [0.1, 0.15) is 15.3 Å².